The molecule has 0 aliphatic carbocycles. The molecule has 1 N–H and O–H groups in total. The third-order valence-electron chi connectivity index (χ3n) is 5.35. The van der Waals surface area contributed by atoms with Gasteiger partial charge in [0.05, 0.1) is 49.4 Å². The summed E-state index contributed by atoms with van der Waals surface area (Å²) in [4.78, 5) is 32.7. The average molecular weight is 466 g/mol. The van der Waals surface area contributed by atoms with Crippen LogP contribution in [0.15, 0.2) is 55.0 Å². The largest absolute Gasteiger partial charge is 0.452 e. The Morgan fingerprint density at radius 2 is 1.94 bits per heavy atom. The third kappa shape index (κ3) is 4.86. The molecule has 3 heterocycles. The van der Waals surface area contributed by atoms with Gasteiger partial charge in [0.25, 0.3) is 0 Å². The van der Waals surface area contributed by atoms with Crippen molar-refractivity contribution in [3.8, 4) is 17.0 Å². The van der Waals surface area contributed by atoms with Gasteiger partial charge in [-0.2, -0.15) is 5.10 Å². The number of hydrogen-bond acceptors (Lipinski definition) is 7. The van der Waals surface area contributed by atoms with Gasteiger partial charge in [-0.15, -0.1) is 0 Å². The van der Waals surface area contributed by atoms with Crippen LogP contribution in [0, 0.1) is 0 Å². The van der Waals surface area contributed by atoms with Gasteiger partial charge < -0.3 is 14.6 Å². The monoisotopic (exact) mass is 465 g/mol. The molecular formula is C24H27N5O5. The van der Waals surface area contributed by atoms with Gasteiger partial charge >= 0.3 is 12.2 Å². The molecule has 0 fully saturated rings. The highest BCUT2D eigenvalue weighted by Crippen LogP contribution is 2.39. The normalized spacial score (nSPS) is 15.6. The summed E-state index contributed by atoms with van der Waals surface area (Å²) in [7, 11) is 1.32. The maximum Gasteiger partial charge on any atom is 0.421 e. The number of aliphatic hydroxyl groups is 1. The second kappa shape index (κ2) is 9.14. The zero-order chi connectivity index (χ0) is 24.5. The van der Waals surface area contributed by atoms with Crippen molar-refractivity contribution in [1.29, 1.82) is 0 Å². The predicted octanol–water partition coefficient (Wildman–Crippen LogP) is 3.70. The number of fused-ring (bicyclic) bond motifs is 1. The molecule has 1 atom stereocenters. The van der Waals surface area contributed by atoms with Crippen molar-refractivity contribution in [3.05, 3.63) is 55.0 Å². The number of nitrogens with zero attached hydrogens (tertiary/aromatic N) is 5. The summed E-state index contributed by atoms with van der Waals surface area (Å²) >= 11 is 0. The van der Waals surface area contributed by atoms with Gasteiger partial charge in [0.1, 0.15) is 0 Å². The molecule has 2 amide bonds. The van der Waals surface area contributed by atoms with Gasteiger partial charge in [0.2, 0.25) is 5.88 Å². The van der Waals surface area contributed by atoms with Crippen LogP contribution >= 0.6 is 0 Å². The van der Waals surface area contributed by atoms with Crippen LogP contribution in [0.1, 0.15) is 20.8 Å². The lowest BCUT2D eigenvalue weighted by molar-refractivity contribution is 0.0577. The Morgan fingerprint density at radius 3 is 2.62 bits per heavy atom. The van der Waals surface area contributed by atoms with E-state index in [1.54, 1.807) is 49.0 Å². The number of methoxy groups -OCH3 is 1. The number of pyridine rings is 1. The fraction of sp³-hybridized carbons (Fsp3) is 0.333. The minimum Gasteiger partial charge on any atom is -0.452 e. The highest BCUT2D eigenvalue weighted by Gasteiger charge is 2.36. The van der Waals surface area contributed by atoms with E-state index in [0.29, 0.717) is 17.9 Å². The number of aromatic nitrogens is 3. The number of carbonyl (C=O) groups excluding carboxylic acids is 2. The first kappa shape index (κ1) is 23.2. The van der Waals surface area contributed by atoms with E-state index in [-0.39, 0.29) is 18.5 Å². The average Bonchev–Trinajstić information content (AvgIpc) is 3.25. The first-order chi connectivity index (χ1) is 16.2. The number of anilines is 2. The highest BCUT2D eigenvalue weighted by atomic mass is 16.6. The predicted molar refractivity (Wildman–Crippen MR) is 126 cm³/mol. The van der Waals surface area contributed by atoms with Crippen LogP contribution < -0.4 is 14.5 Å². The van der Waals surface area contributed by atoms with Crippen LogP contribution in [0.2, 0.25) is 0 Å². The molecule has 178 valence electrons. The summed E-state index contributed by atoms with van der Waals surface area (Å²) < 4.78 is 12.1. The molecule has 1 aliphatic rings. The number of benzene rings is 1. The summed E-state index contributed by atoms with van der Waals surface area (Å²) in [6.45, 7) is 5.78. The molecule has 34 heavy (non-hydrogen) atoms. The lowest BCUT2D eigenvalue weighted by Gasteiger charge is -2.39. The topological polar surface area (TPSA) is 110 Å². The zero-order valence-corrected chi connectivity index (χ0v) is 19.5. The maximum absolute atomic E-state index is 13.1. The SMILES string of the molecule is COC(=O)N1c2ccc(-c3cnn(CC(C)(C)O)c3)cc2N(C(=O)Oc2ccccn2)C[C@@H]1C. The molecule has 10 nitrogen and oxygen atoms in total. The smallest absolute Gasteiger partial charge is 0.421 e. The molecule has 10 heteroatoms. The standard InChI is InChI=1S/C24H27N5O5/c1-16-13-28(22(30)34-21-7-5-6-10-25-21)20-11-17(8-9-19(20)29(16)23(31)33-4)18-12-26-27(14-18)15-24(2,3)32/h5-12,14,16,32H,13,15H2,1-4H3/t16-/m0/s1. The summed E-state index contributed by atoms with van der Waals surface area (Å²) in [6, 6.07) is 10.1. The summed E-state index contributed by atoms with van der Waals surface area (Å²) in [5.41, 5.74) is 1.69. The molecule has 0 saturated carbocycles. The van der Waals surface area contributed by atoms with Crippen LogP contribution in [0.4, 0.5) is 21.0 Å². The Morgan fingerprint density at radius 1 is 1.15 bits per heavy atom. The second-order valence-corrected chi connectivity index (χ2v) is 8.78. The summed E-state index contributed by atoms with van der Waals surface area (Å²) in [5.74, 6) is 0.182. The number of rotatable bonds is 4. The van der Waals surface area contributed by atoms with E-state index in [2.05, 4.69) is 10.1 Å². The first-order valence-electron chi connectivity index (χ1n) is 10.8. The second-order valence-electron chi connectivity index (χ2n) is 8.78. The highest BCUT2D eigenvalue weighted by molar-refractivity contribution is 6.02. The number of carbonyl (C=O) groups is 2. The summed E-state index contributed by atoms with van der Waals surface area (Å²) in [6.07, 6.45) is 3.92. The fourth-order valence-electron chi connectivity index (χ4n) is 3.90. The van der Waals surface area contributed by atoms with Crippen molar-refractivity contribution in [2.24, 2.45) is 0 Å². The van der Waals surface area contributed by atoms with Gasteiger partial charge in [-0.1, -0.05) is 12.1 Å². The molecule has 0 saturated heterocycles. The van der Waals surface area contributed by atoms with E-state index in [9.17, 15) is 14.7 Å². The van der Waals surface area contributed by atoms with Gasteiger partial charge in [0, 0.05) is 24.0 Å². The zero-order valence-electron chi connectivity index (χ0n) is 19.5. The quantitative estimate of drug-likeness (QED) is 0.626. The Balaban J connectivity index is 1.72. The molecule has 0 spiro atoms. The molecule has 0 bridgehead atoms. The first-order valence-corrected chi connectivity index (χ1v) is 10.8. The van der Waals surface area contributed by atoms with E-state index in [1.807, 2.05) is 25.3 Å². The van der Waals surface area contributed by atoms with E-state index < -0.39 is 17.8 Å². The van der Waals surface area contributed by atoms with Crippen LogP contribution in [-0.2, 0) is 11.3 Å². The van der Waals surface area contributed by atoms with Crippen LogP contribution in [0.25, 0.3) is 11.1 Å². The number of ether oxygens (including phenoxy) is 2. The van der Waals surface area contributed by atoms with Crippen molar-refractivity contribution in [2.45, 2.75) is 39.0 Å². The molecule has 2 aromatic heterocycles. The van der Waals surface area contributed by atoms with Gasteiger partial charge in [-0.3, -0.25) is 14.5 Å². The van der Waals surface area contributed by atoms with Gasteiger partial charge in [-0.25, -0.2) is 14.6 Å². The Hall–Kier alpha value is -3.92. The van der Waals surface area contributed by atoms with E-state index in [0.717, 1.165) is 11.1 Å². The minimum atomic E-state index is -0.914. The van der Waals surface area contributed by atoms with Crippen molar-refractivity contribution < 1.29 is 24.2 Å². The molecule has 4 rings (SSSR count). The van der Waals surface area contributed by atoms with Crippen molar-refractivity contribution >= 4 is 23.6 Å². The lowest BCUT2D eigenvalue weighted by Crippen LogP contribution is -2.52. The lowest BCUT2D eigenvalue weighted by atomic mass is 10.0. The van der Waals surface area contributed by atoms with E-state index >= 15 is 0 Å². The van der Waals surface area contributed by atoms with Gasteiger partial charge in [0.15, 0.2) is 0 Å². The summed E-state index contributed by atoms with van der Waals surface area (Å²) in [5, 5.41) is 14.4. The number of hydrogen-bond donors (Lipinski definition) is 1. The van der Waals surface area contributed by atoms with Crippen molar-refractivity contribution in [2.75, 3.05) is 23.5 Å². The van der Waals surface area contributed by atoms with Crippen molar-refractivity contribution in [3.63, 3.8) is 0 Å². The Kier molecular flexibility index (Phi) is 6.25. The van der Waals surface area contributed by atoms with Crippen LogP contribution in [-0.4, -0.2) is 57.4 Å². The fourth-order valence-corrected chi connectivity index (χ4v) is 3.90. The van der Waals surface area contributed by atoms with Crippen molar-refractivity contribution in [1.82, 2.24) is 14.8 Å². The Labute approximate surface area is 197 Å². The molecule has 0 unspecified atom stereocenters. The molecule has 1 aliphatic heterocycles. The minimum absolute atomic E-state index is 0.182. The third-order valence-corrected chi connectivity index (χ3v) is 5.35. The van der Waals surface area contributed by atoms with E-state index in [1.165, 1.54) is 23.1 Å². The van der Waals surface area contributed by atoms with Crippen LogP contribution in [0.5, 0.6) is 5.88 Å². The number of amides is 2. The van der Waals surface area contributed by atoms with E-state index in [4.69, 9.17) is 9.47 Å². The molecule has 3 aromatic rings. The van der Waals surface area contributed by atoms with Crippen LogP contribution in [0.3, 0.4) is 0 Å². The maximum atomic E-state index is 13.1. The Bertz CT molecular complexity index is 1190. The molecule has 1 aromatic carbocycles. The molecular weight excluding hydrogens is 438 g/mol. The van der Waals surface area contributed by atoms with Gasteiger partial charge in [-0.05, 0) is 44.5 Å². The molecule has 0 radical (unpaired) electrons.